The van der Waals surface area contributed by atoms with Crippen LogP contribution in [0.1, 0.15) is 12.8 Å². The average Bonchev–Trinajstić information content (AvgIpc) is 2.36. The third-order valence-electron chi connectivity index (χ3n) is 3.02. The van der Waals surface area contributed by atoms with Crippen LogP contribution in [-0.2, 0) is 28.8 Å². The number of carboxylic acids is 6. The molecule has 0 rings (SSSR count). The van der Waals surface area contributed by atoms with Crippen LogP contribution in [0, 0.1) is 17.3 Å². The molecule has 0 aromatic heterocycles. The van der Waals surface area contributed by atoms with Gasteiger partial charge in [0.05, 0.1) is 41.2 Å². The molecule has 0 heterocycles. The fourth-order valence-electron chi connectivity index (χ4n) is 1.72. The van der Waals surface area contributed by atoms with Gasteiger partial charge in [-0.1, -0.05) is 0 Å². The molecule has 0 amide bonds. The molecule has 29 heavy (non-hydrogen) atoms. The van der Waals surface area contributed by atoms with Gasteiger partial charge in [-0.15, -0.1) is 0 Å². The molecule has 0 aromatic rings. The second-order valence-electron chi connectivity index (χ2n) is 4.45. The summed E-state index contributed by atoms with van der Waals surface area (Å²) in [7, 11) is 0. The Balaban J connectivity index is -0.000000161. The summed E-state index contributed by atoms with van der Waals surface area (Å²) in [5.74, 6) is -20.8. The van der Waals surface area contributed by atoms with Crippen molar-refractivity contribution >= 4 is 35.8 Å². The Morgan fingerprint density at radius 1 is 0.483 bits per heavy atom. The first kappa shape index (κ1) is 49.1. The zero-order valence-corrected chi connectivity index (χ0v) is 29.0. The Morgan fingerprint density at radius 2 is 0.655 bits per heavy atom. The van der Waals surface area contributed by atoms with Crippen LogP contribution in [0.4, 0.5) is 0 Å². The number of rotatable bonds is 10. The van der Waals surface area contributed by atoms with Crippen molar-refractivity contribution in [3.05, 3.63) is 0 Å². The fraction of sp³-hybridized carbons (Fsp3) is 0.455. The van der Waals surface area contributed by atoms with Gasteiger partial charge in [0.2, 0.25) is 0 Å². The third kappa shape index (κ3) is 15.4. The first-order valence-corrected chi connectivity index (χ1v) is 5.63. The molecule has 0 atom stereocenters. The van der Waals surface area contributed by atoms with Crippen molar-refractivity contribution in [3.8, 4) is 0 Å². The van der Waals surface area contributed by atoms with Crippen molar-refractivity contribution < 1.29 is 237 Å². The number of carbonyl (C=O) groups is 6. The molecule has 0 bridgehead atoms. The monoisotopic (exact) mass is 468 g/mol. The molecule has 0 unspecified atom stereocenters. The summed E-state index contributed by atoms with van der Waals surface area (Å²) in [4.78, 5) is 64.5. The quantitative estimate of drug-likeness (QED) is 0.214. The van der Waals surface area contributed by atoms with Crippen molar-refractivity contribution in [1.82, 2.24) is 0 Å². The summed E-state index contributed by atoms with van der Waals surface area (Å²) in [6.07, 6.45) is -3.67. The summed E-state index contributed by atoms with van der Waals surface area (Å²) in [5.41, 5.74) is -3.60. The summed E-state index contributed by atoms with van der Waals surface area (Å²) in [6, 6.07) is 0. The maximum atomic E-state index is 11.0. The SMILES string of the molecule is O=C([O-])C(CC(CC(C(=O)[O-])C(=O)[O-])(C(=O)[O-])C(=O)[O-])C(=O)[O-].[Na+].[Na+].[Na+].[Na+].[Na+].[Na+]. The number of carbonyl (C=O) groups excluding carboxylic acids is 6. The molecule has 0 saturated carbocycles. The van der Waals surface area contributed by atoms with Crippen LogP contribution < -0.4 is 208 Å². The molecule has 0 aliphatic carbocycles. The average molecular weight is 468 g/mol. The molecule has 0 fully saturated rings. The Labute approximate surface area is 297 Å². The van der Waals surface area contributed by atoms with Gasteiger partial charge in [0.25, 0.3) is 0 Å². The fourth-order valence-corrected chi connectivity index (χ4v) is 1.72. The van der Waals surface area contributed by atoms with E-state index in [-0.39, 0.29) is 177 Å². The van der Waals surface area contributed by atoms with Crippen LogP contribution in [0.3, 0.4) is 0 Å². The van der Waals surface area contributed by atoms with Gasteiger partial charge < -0.3 is 59.4 Å². The largest absolute Gasteiger partial charge is 1.00 e. The zero-order chi connectivity index (χ0) is 18.5. The maximum Gasteiger partial charge on any atom is 1.00 e. The van der Waals surface area contributed by atoms with Crippen LogP contribution >= 0.6 is 0 Å². The van der Waals surface area contributed by atoms with Crippen LogP contribution in [0.2, 0.25) is 0 Å². The minimum atomic E-state index is -3.60. The molecule has 0 radical (unpaired) electrons. The number of carboxylic acid groups (broad SMARTS) is 6. The van der Waals surface area contributed by atoms with Gasteiger partial charge in [-0.3, -0.25) is 0 Å². The minimum absolute atomic E-state index is 0. The van der Waals surface area contributed by atoms with Gasteiger partial charge in [-0.25, -0.2) is 0 Å². The topological polar surface area (TPSA) is 241 Å². The van der Waals surface area contributed by atoms with Gasteiger partial charge in [-0.05, 0) is 12.8 Å². The minimum Gasteiger partial charge on any atom is -0.549 e. The van der Waals surface area contributed by atoms with E-state index in [2.05, 4.69) is 0 Å². The first-order chi connectivity index (χ1) is 10.4. The molecule has 12 nitrogen and oxygen atoms in total. The second kappa shape index (κ2) is 22.6. The van der Waals surface area contributed by atoms with E-state index >= 15 is 0 Å². The van der Waals surface area contributed by atoms with Gasteiger partial charge in [0.1, 0.15) is 0 Å². The van der Waals surface area contributed by atoms with Crippen LogP contribution in [0.15, 0.2) is 0 Å². The molecular formula is C11H6Na6O12. The van der Waals surface area contributed by atoms with Crippen LogP contribution in [0.5, 0.6) is 0 Å². The Hall–Kier alpha value is 2.82. The van der Waals surface area contributed by atoms with E-state index in [1.54, 1.807) is 0 Å². The summed E-state index contributed by atoms with van der Waals surface area (Å²) >= 11 is 0. The van der Waals surface area contributed by atoms with Gasteiger partial charge in [0.15, 0.2) is 0 Å². The molecule has 0 aliphatic heterocycles. The summed E-state index contributed by atoms with van der Waals surface area (Å²) in [5, 5.41) is 64.5. The van der Waals surface area contributed by atoms with E-state index in [0.29, 0.717) is 0 Å². The maximum absolute atomic E-state index is 11.0. The van der Waals surface area contributed by atoms with Crippen LogP contribution in [-0.4, -0.2) is 35.8 Å². The molecular weight excluding hydrogens is 462 g/mol. The summed E-state index contributed by atoms with van der Waals surface area (Å²) in [6.45, 7) is 0. The number of hydrogen-bond acceptors (Lipinski definition) is 12. The number of hydrogen-bond donors (Lipinski definition) is 0. The zero-order valence-electron chi connectivity index (χ0n) is 17.0. The van der Waals surface area contributed by atoms with Gasteiger partial charge >= 0.3 is 177 Å². The molecule has 0 N–H and O–H groups in total. The van der Waals surface area contributed by atoms with E-state index in [9.17, 15) is 59.4 Å². The van der Waals surface area contributed by atoms with Crippen molar-refractivity contribution in [3.63, 3.8) is 0 Å². The predicted molar refractivity (Wildman–Crippen MR) is 48.7 cm³/mol. The van der Waals surface area contributed by atoms with E-state index in [4.69, 9.17) is 0 Å². The second-order valence-corrected chi connectivity index (χ2v) is 4.45. The van der Waals surface area contributed by atoms with E-state index in [1.165, 1.54) is 0 Å². The van der Waals surface area contributed by atoms with E-state index in [0.717, 1.165) is 0 Å². The molecule has 0 saturated heterocycles. The first-order valence-electron chi connectivity index (χ1n) is 5.63. The van der Waals surface area contributed by atoms with Crippen LogP contribution in [0.25, 0.3) is 0 Å². The van der Waals surface area contributed by atoms with E-state index < -0.39 is 65.9 Å². The van der Waals surface area contributed by atoms with E-state index in [1.807, 2.05) is 0 Å². The Morgan fingerprint density at radius 3 is 0.759 bits per heavy atom. The van der Waals surface area contributed by atoms with Crippen molar-refractivity contribution in [2.75, 3.05) is 0 Å². The summed E-state index contributed by atoms with van der Waals surface area (Å²) < 4.78 is 0. The Kier molecular flexibility index (Phi) is 38.2. The standard InChI is InChI=1S/C11H12O12.6Na/c12-5(13)3(6(14)15)1-11(9(20)21,10(22)23)2-4(7(16)17)8(18)19;;;;;;/h3-4H,1-2H2,(H,12,13)(H,14,15)(H,16,17)(H,18,19)(H,20,21)(H,22,23);;;;;;/q;6*+1/p-6. The van der Waals surface area contributed by atoms with Crippen molar-refractivity contribution in [2.45, 2.75) is 12.8 Å². The molecule has 0 spiro atoms. The van der Waals surface area contributed by atoms with Crippen molar-refractivity contribution in [1.29, 1.82) is 0 Å². The molecule has 0 aromatic carbocycles. The number of aliphatic carboxylic acids is 6. The smallest absolute Gasteiger partial charge is 0.549 e. The predicted octanol–water partition coefficient (Wildman–Crippen LogP) is -27.5. The normalized spacial score (nSPS) is 8.90. The van der Waals surface area contributed by atoms with Gasteiger partial charge in [0, 0.05) is 11.8 Å². The molecule has 128 valence electrons. The third-order valence-corrected chi connectivity index (χ3v) is 3.02. The Bertz CT molecular complexity index is 505. The molecule has 0 aliphatic rings. The van der Waals surface area contributed by atoms with Crippen molar-refractivity contribution in [2.24, 2.45) is 17.3 Å². The van der Waals surface area contributed by atoms with Gasteiger partial charge in [-0.2, -0.15) is 0 Å². The molecule has 18 heteroatoms.